The van der Waals surface area contributed by atoms with Crippen LogP contribution in [0.5, 0.6) is 0 Å². The summed E-state index contributed by atoms with van der Waals surface area (Å²) in [5, 5.41) is 3.57. The summed E-state index contributed by atoms with van der Waals surface area (Å²) in [6, 6.07) is 3.38. The lowest BCUT2D eigenvalue weighted by molar-refractivity contribution is 0.162. The van der Waals surface area contributed by atoms with Crippen LogP contribution in [0.25, 0.3) is 0 Å². The maximum Gasteiger partial charge on any atom is 0.122 e. The van der Waals surface area contributed by atoms with Gasteiger partial charge in [0.05, 0.1) is 12.8 Å². The van der Waals surface area contributed by atoms with Crippen LogP contribution in [0.4, 0.5) is 0 Å². The van der Waals surface area contributed by atoms with Gasteiger partial charge >= 0.3 is 0 Å². The van der Waals surface area contributed by atoms with E-state index in [1.165, 1.54) is 18.4 Å². The lowest BCUT2D eigenvalue weighted by Gasteiger charge is -2.29. The summed E-state index contributed by atoms with van der Waals surface area (Å²) in [6.45, 7) is 8.47. The minimum atomic E-state index is 0.532. The Morgan fingerprint density at radius 2 is 2.15 bits per heavy atom. The summed E-state index contributed by atoms with van der Waals surface area (Å²) in [5.41, 5.74) is 1.31. The molecule has 1 aliphatic carbocycles. The smallest absolute Gasteiger partial charge is 0.122 e. The molecule has 1 aromatic rings. The van der Waals surface area contributed by atoms with Crippen LogP contribution in [-0.4, -0.2) is 49.1 Å². The molecule has 0 amide bonds. The Morgan fingerprint density at radius 1 is 1.40 bits per heavy atom. The second kappa shape index (κ2) is 7.25. The number of furan rings is 1. The molecule has 2 rings (SSSR count). The normalized spacial score (nSPS) is 17.1. The number of nitrogens with zero attached hydrogens (tertiary/aromatic N) is 2. The highest BCUT2D eigenvalue weighted by Crippen LogP contribution is 2.21. The third-order valence-corrected chi connectivity index (χ3v) is 4.00. The monoisotopic (exact) mass is 279 g/mol. The lowest BCUT2D eigenvalue weighted by Crippen LogP contribution is -2.39. The molecule has 0 aliphatic heterocycles. The molecule has 0 saturated heterocycles. The molecular weight excluding hydrogens is 250 g/mol. The molecule has 1 aromatic heterocycles. The zero-order valence-corrected chi connectivity index (χ0v) is 13.4. The molecule has 20 heavy (non-hydrogen) atoms. The van der Waals surface area contributed by atoms with Crippen molar-refractivity contribution in [1.82, 2.24) is 15.1 Å². The predicted molar refractivity (Wildman–Crippen MR) is 82.7 cm³/mol. The molecule has 1 fully saturated rings. The van der Waals surface area contributed by atoms with Crippen LogP contribution >= 0.6 is 0 Å². The van der Waals surface area contributed by atoms with Crippen LogP contribution in [0.15, 0.2) is 16.7 Å². The van der Waals surface area contributed by atoms with Crippen LogP contribution < -0.4 is 5.32 Å². The molecule has 1 heterocycles. The van der Waals surface area contributed by atoms with Crippen LogP contribution in [0.1, 0.15) is 38.0 Å². The predicted octanol–water partition coefficient (Wildman–Crippen LogP) is 2.30. The summed E-state index contributed by atoms with van der Waals surface area (Å²) in [6.07, 6.45) is 4.48. The van der Waals surface area contributed by atoms with Gasteiger partial charge in [0, 0.05) is 30.7 Å². The zero-order chi connectivity index (χ0) is 14.5. The zero-order valence-electron chi connectivity index (χ0n) is 13.4. The second-order valence-corrected chi connectivity index (χ2v) is 6.20. The van der Waals surface area contributed by atoms with E-state index >= 15 is 0 Å². The molecule has 0 aromatic carbocycles. The Labute approximate surface area is 123 Å². The van der Waals surface area contributed by atoms with Gasteiger partial charge in [0.15, 0.2) is 0 Å². The van der Waals surface area contributed by atoms with Gasteiger partial charge in [-0.3, -0.25) is 4.90 Å². The Balaban J connectivity index is 1.90. The van der Waals surface area contributed by atoms with E-state index in [4.69, 9.17) is 4.42 Å². The number of hydrogen-bond acceptors (Lipinski definition) is 4. The van der Waals surface area contributed by atoms with E-state index in [2.05, 4.69) is 49.1 Å². The lowest BCUT2D eigenvalue weighted by atomic mass is 10.2. The van der Waals surface area contributed by atoms with Crippen molar-refractivity contribution in [2.45, 2.75) is 51.9 Å². The van der Waals surface area contributed by atoms with Crippen molar-refractivity contribution in [3.63, 3.8) is 0 Å². The molecule has 1 unspecified atom stereocenters. The van der Waals surface area contributed by atoms with Crippen molar-refractivity contribution in [2.75, 3.05) is 27.2 Å². The summed E-state index contributed by atoms with van der Waals surface area (Å²) in [4.78, 5) is 4.71. The van der Waals surface area contributed by atoms with Crippen molar-refractivity contribution >= 4 is 0 Å². The van der Waals surface area contributed by atoms with E-state index in [0.29, 0.717) is 6.04 Å². The maximum atomic E-state index is 5.71. The molecule has 0 spiro atoms. The van der Waals surface area contributed by atoms with Gasteiger partial charge in [0.1, 0.15) is 5.76 Å². The van der Waals surface area contributed by atoms with E-state index in [1.54, 1.807) is 0 Å². The standard InChI is InChI=1S/C16H29N3O/c1-5-19(13(2)11-18(3)4)12-16-14(8-9-20-16)10-17-15-6-7-15/h8-9,13,15,17H,5-7,10-12H2,1-4H3. The van der Waals surface area contributed by atoms with Crippen LogP contribution in [0.2, 0.25) is 0 Å². The first-order valence-electron chi connectivity index (χ1n) is 7.77. The first kappa shape index (κ1) is 15.5. The summed E-state index contributed by atoms with van der Waals surface area (Å²) in [7, 11) is 4.25. The Bertz CT molecular complexity index is 398. The molecule has 4 heteroatoms. The van der Waals surface area contributed by atoms with E-state index in [9.17, 15) is 0 Å². The van der Waals surface area contributed by atoms with Gasteiger partial charge in [-0.15, -0.1) is 0 Å². The topological polar surface area (TPSA) is 31.7 Å². The molecular formula is C16H29N3O. The minimum Gasteiger partial charge on any atom is -0.468 e. The molecule has 1 aliphatic rings. The number of rotatable bonds is 9. The summed E-state index contributed by atoms with van der Waals surface area (Å²) < 4.78 is 5.71. The molecule has 1 N–H and O–H groups in total. The van der Waals surface area contributed by atoms with Crippen molar-refractivity contribution in [2.24, 2.45) is 0 Å². The molecule has 0 radical (unpaired) electrons. The maximum absolute atomic E-state index is 5.71. The quantitative estimate of drug-likeness (QED) is 0.751. The SMILES string of the molecule is CCN(Cc1occc1CNC1CC1)C(C)CN(C)C. The summed E-state index contributed by atoms with van der Waals surface area (Å²) in [5.74, 6) is 1.12. The van der Waals surface area contributed by atoms with Gasteiger partial charge in [0.2, 0.25) is 0 Å². The van der Waals surface area contributed by atoms with Crippen LogP contribution in [0.3, 0.4) is 0 Å². The van der Waals surface area contributed by atoms with Gasteiger partial charge in [-0.05, 0) is 46.5 Å². The first-order chi connectivity index (χ1) is 9.60. The molecule has 0 bridgehead atoms. The number of likely N-dealkylation sites (N-methyl/N-ethyl adjacent to an activating group) is 2. The van der Waals surface area contributed by atoms with Gasteiger partial charge in [-0.2, -0.15) is 0 Å². The van der Waals surface area contributed by atoms with Crippen molar-refractivity contribution in [3.8, 4) is 0 Å². The molecule has 1 saturated carbocycles. The van der Waals surface area contributed by atoms with E-state index in [-0.39, 0.29) is 0 Å². The fourth-order valence-corrected chi connectivity index (χ4v) is 2.61. The van der Waals surface area contributed by atoms with Crippen LogP contribution in [-0.2, 0) is 13.1 Å². The fraction of sp³-hybridized carbons (Fsp3) is 0.750. The minimum absolute atomic E-state index is 0.532. The third-order valence-electron chi connectivity index (χ3n) is 4.00. The van der Waals surface area contributed by atoms with Crippen molar-refractivity contribution < 1.29 is 4.42 Å². The largest absolute Gasteiger partial charge is 0.468 e. The second-order valence-electron chi connectivity index (χ2n) is 6.20. The third kappa shape index (κ3) is 4.62. The Morgan fingerprint density at radius 3 is 2.75 bits per heavy atom. The highest BCUT2D eigenvalue weighted by atomic mass is 16.3. The van der Waals surface area contributed by atoms with Gasteiger partial charge in [-0.25, -0.2) is 0 Å². The van der Waals surface area contributed by atoms with Crippen molar-refractivity contribution in [3.05, 3.63) is 23.7 Å². The van der Waals surface area contributed by atoms with Crippen LogP contribution in [0, 0.1) is 0 Å². The summed E-state index contributed by atoms with van der Waals surface area (Å²) >= 11 is 0. The highest BCUT2D eigenvalue weighted by Gasteiger charge is 2.22. The Kier molecular flexibility index (Phi) is 5.64. The van der Waals surface area contributed by atoms with Crippen molar-refractivity contribution in [1.29, 1.82) is 0 Å². The first-order valence-corrected chi connectivity index (χ1v) is 7.77. The average molecular weight is 279 g/mol. The van der Waals surface area contributed by atoms with E-state index in [0.717, 1.165) is 38.0 Å². The molecule has 4 nitrogen and oxygen atoms in total. The van der Waals surface area contributed by atoms with Gasteiger partial charge in [0.25, 0.3) is 0 Å². The molecule has 1 atom stereocenters. The molecule has 114 valence electrons. The van der Waals surface area contributed by atoms with Gasteiger partial charge in [-0.1, -0.05) is 6.92 Å². The fourth-order valence-electron chi connectivity index (χ4n) is 2.61. The van der Waals surface area contributed by atoms with Gasteiger partial charge < -0.3 is 14.6 Å². The average Bonchev–Trinajstić information content (AvgIpc) is 3.12. The van der Waals surface area contributed by atoms with E-state index < -0.39 is 0 Å². The number of nitrogens with one attached hydrogen (secondary N) is 1. The van der Waals surface area contributed by atoms with E-state index in [1.807, 2.05) is 6.26 Å². The highest BCUT2D eigenvalue weighted by molar-refractivity contribution is 5.17. The Hall–Kier alpha value is -0.840. The number of hydrogen-bond donors (Lipinski definition) is 1.